The van der Waals surface area contributed by atoms with E-state index < -0.39 is 5.60 Å². The number of nitrogens with zero attached hydrogens (tertiary/aromatic N) is 3. The third kappa shape index (κ3) is 4.16. The number of aromatic nitrogens is 2. The van der Waals surface area contributed by atoms with E-state index in [0.717, 1.165) is 18.4 Å². The Labute approximate surface area is 152 Å². The third-order valence-electron chi connectivity index (χ3n) is 4.55. The van der Waals surface area contributed by atoms with E-state index in [0.29, 0.717) is 18.8 Å². The van der Waals surface area contributed by atoms with Gasteiger partial charge in [-0.25, -0.2) is 14.4 Å². The number of methoxy groups -OCH3 is 1. The predicted molar refractivity (Wildman–Crippen MR) is 93.5 cm³/mol. The highest BCUT2D eigenvalue weighted by atomic mass is 19.1. The molecule has 1 aliphatic rings. The van der Waals surface area contributed by atoms with Crippen LogP contribution in [0.4, 0.5) is 4.39 Å². The lowest BCUT2D eigenvalue weighted by Gasteiger charge is -2.41. The van der Waals surface area contributed by atoms with Crippen molar-refractivity contribution in [3.63, 3.8) is 0 Å². The molecule has 6 nitrogen and oxygen atoms in total. The lowest BCUT2D eigenvalue weighted by Crippen LogP contribution is -2.54. The van der Waals surface area contributed by atoms with E-state index in [4.69, 9.17) is 9.47 Å². The summed E-state index contributed by atoms with van der Waals surface area (Å²) < 4.78 is 24.5. The Morgan fingerprint density at radius 1 is 1.27 bits per heavy atom. The topological polar surface area (TPSA) is 64.6 Å². The quantitative estimate of drug-likeness (QED) is 0.821. The molecule has 1 aromatic heterocycles. The molecule has 0 N–H and O–H groups in total. The Kier molecular flexibility index (Phi) is 5.46. The lowest BCUT2D eigenvalue weighted by atomic mass is 9.93. The van der Waals surface area contributed by atoms with Crippen LogP contribution in [0.25, 0.3) is 0 Å². The van der Waals surface area contributed by atoms with Crippen LogP contribution in [0.5, 0.6) is 5.75 Å². The number of rotatable bonds is 5. The fourth-order valence-corrected chi connectivity index (χ4v) is 3.00. The monoisotopic (exact) mass is 359 g/mol. The van der Waals surface area contributed by atoms with Crippen molar-refractivity contribution in [3.05, 3.63) is 53.9 Å². The van der Waals surface area contributed by atoms with Crippen molar-refractivity contribution in [3.8, 4) is 5.75 Å². The Bertz CT molecular complexity index is 752. The second-order valence-corrected chi connectivity index (χ2v) is 6.54. The number of carbonyl (C=O) groups excluding carboxylic acids is 1. The molecule has 0 saturated carbocycles. The molecule has 0 spiro atoms. The first-order valence-corrected chi connectivity index (χ1v) is 8.53. The van der Waals surface area contributed by atoms with Crippen molar-refractivity contribution in [1.29, 1.82) is 0 Å². The van der Waals surface area contributed by atoms with Crippen molar-refractivity contribution in [1.82, 2.24) is 14.9 Å². The van der Waals surface area contributed by atoms with Crippen LogP contribution in [0.2, 0.25) is 0 Å². The molecule has 0 aliphatic carbocycles. The van der Waals surface area contributed by atoms with E-state index in [2.05, 4.69) is 9.97 Å². The van der Waals surface area contributed by atoms with Gasteiger partial charge in [0.1, 0.15) is 23.8 Å². The van der Waals surface area contributed by atoms with Gasteiger partial charge >= 0.3 is 0 Å². The molecule has 3 rings (SSSR count). The predicted octanol–water partition coefficient (Wildman–Crippen LogP) is 2.62. The first-order chi connectivity index (χ1) is 12.5. The second kappa shape index (κ2) is 7.78. The summed E-state index contributed by atoms with van der Waals surface area (Å²) in [5, 5.41) is 0. The van der Waals surface area contributed by atoms with Gasteiger partial charge in [0.05, 0.1) is 6.54 Å². The highest BCUT2D eigenvalue weighted by Gasteiger charge is 2.39. The average Bonchev–Trinajstić information content (AvgIpc) is 2.68. The molecule has 2 aromatic rings. The first-order valence-electron chi connectivity index (χ1n) is 8.53. The number of carbonyl (C=O) groups is 1. The van der Waals surface area contributed by atoms with Gasteiger partial charge in [-0.2, -0.15) is 0 Å². The molecule has 1 aromatic carbocycles. The molecule has 0 unspecified atom stereocenters. The number of piperidine rings is 1. The van der Waals surface area contributed by atoms with E-state index in [9.17, 15) is 9.18 Å². The van der Waals surface area contributed by atoms with E-state index in [1.54, 1.807) is 36.5 Å². The Morgan fingerprint density at radius 2 is 1.96 bits per heavy atom. The zero-order valence-electron chi connectivity index (χ0n) is 14.9. The zero-order chi connectivity index (χ0) is 18.6. The van der Waals surface area contributed by atoms with Crippen molar-refractivity contribution >= 4 is 5.91 Å². The van der Waals surface area contributed by atoms with Crippen LogP contribution in [0.3, 0.4) is 0 Å². The van der Waals surface area contributed by atoms with Gasteiger partial charge in [-0.1, -0.05) is 0 Å². The van der Waals surface area contributed by atoms with E-state index >= 15 is 0 Å². The van der Waals surface area contributed by atoms with Crippen molar-refractivity contribution in [2.24, 2.45) is 0 Å². The molecule has 1 amide bonds. The van der Waals surface area contributed by atoms with Gasteiger partial charge in [0.2, 0.25) is 5.82 Å². The van der Waals surface area contributed by atoms with Crippen LogP contribution < -0.4 is 4.74 Å². The number of aryl methyl sites for hydroxylation is 1. The zero-order valence-corrected chi connectivity index (χ0v) is 14.9. The van der Waals surface area contributed by atoms with Gasteiger partial charge < -0.3 is 14.4 Å². The molecule has 1 aliphatic heterocycles. The smallest absolute Gasteiger partial charge is 0.291 e. The highest BCUT2D eigenvalue weighted by molar-refractivity contribution is 5.90. The second-order valence-electron chi connectivity index (χ2n) is 6.54. The number of likely N-dealkylation sites (tertiary alicyclic amines) is 1. The first kappa shape index (κ1) is 18.3. The summed E-state index contributed by atoms with van der Waals surface area (Å²) in [6, 6.07) is 5.84. The fraction of sp³-hybridized carbons (Fsp3) is 0.421. The summed E-state index contributed by atoms with van der Waals surface area (Å²) in [6.07, 6.45) is 4.82. The van der Waals surface area contributed by atoms with Crippen LogP contribution in [0, 0.1) is 12.7 Å². The molecule has 0 bridgehead atoms. The molecule has 1 saturated heterocycles. The van der Waals surface area contributed by atoms with Gasteiger partial charge in [0.15, 0.2) is 0 Å². The van der Waals surface area contributed by atoms with Crippen LogP contribution >= 0.6 is 0 Å². The summed E-state index contributed by atoms with van der Waals surface area (Å²) in [7, 11) is 1.62. The molecular weight excluding hydrogens is 337 g/mol. The average molecular weight is 359 g/mol. The maximum absolute atomic E-state index is 13.0. The van der Waals surface area contributed by atoms with Crippen molar-refractivity contribution in [2.75, 3.05) is 26.8 Å². The molecule has 7 heteroatoms. The molecule has 0 radical (unpaired) electrons. The number of halogens is 1. The van der Waals surface area contributed by atoms with Gasteiger partial charge in [-0.05, 0) is 49.6 Å². The lowest BCUT2D eigenvalue weighted by molar-refractivity contribution is -0.0826. The summed E-state index contributed by atoms with van der Waals surface area (Å²) >= 11 is 0. The largest absolute Gasteiger partial charge is 0.491 e. The number of ether oxygens (including phenoxy) is 2. The third-order valence-corrected chi connectivity index (χ3v) is 4.55. The van der Waals surface area contributed by atoms with E-state index in [-0.39, 0.29) is 24.2 Å². The minimum Gasteiger partial charge on any atom is -0.491 e. The Morgan fingerprint density at radius 3 is 2.62 bits per heavy atom. The fourth-order valence-electron chi connectivity index (χ4n) is 3.00. The molecule has 1 atom stereocenters. The van der Waals surface area contributed by atoms with Gasteiger partial charge in [0.25, 0.3) is 5.91 Å². The minimum absolute atomic E-state index is 0.182. The number of benzene rings is 1. The minimum atomic E-state index is -0.618. The van der Waals surface area contributed by atoms with Crippen LogP contribution in [-0.4, -0.2) is 53.2 Å². The standard InChI is InChI=1S/C19H22FN3O3/c1-14-10-21-17(22-11-14)18(24)23-9-3-8-19(12-23,25-2)13-26-16-6-4-15(20)5-7-16/h4-7,10-11H,3,8-9,12-13H2,1-2H3/t19-/m1/s1. The van der Waals surface area contributed by atoms with Crippen LogP contribution in [0.1, 0.15) is 29.0 Å². The van der Waals surface area contributed by atoms with Crippen molar-refractivity contribution in [2.45, 2.75) is 25.4 Å². The number of amides is 1. The maximum Gasteiger partial charge on any atom is 0.291 e. The molecule has 26 heavy (non-hydrogen) atoms. The molecular formula is C19H22FN3O3. The number of hydrogen-bond donors (Lipinski definition) is 0. The highest BCUT2D eigenvalue weighted by Crippen LogP contribution is 2.27. The Balaban J connectivity index is 1.68. The van der Waals surface area contributed by atoms with Gasteiger partial charge in [-0.3, -0.25) is 4.79 Å². The van der Waals surface area contributed by atoms with Gasteiger partial charge in [0, 0.05) is 26.0 Å². The summed E-state index contributed by atoms with van der Waals surface area (Å²) in [4.78, 5) is 22.6. The summed E-state index contributed by atoms with van der Waals surface area (Å²) in [6.45, 7) is 3.16. The van der Waals surface area contributed by atoms with Crippen LogP contribution in [0.15, 0.2) is 36.7 Å². The molecule has 138 valence electrons. The van der Waals surface area contributed by atoms with Gasteiger partial charge in [-0.15, -0.1) is 0 Å². The van der Waals surface area contributed by atoms with Crippen molar-refractivity contribution < 1.29 is 18.7 Å². The van der Waals surface area contributed by atoms with Crippen LogP contribution in [-0.2, 0) is 4.74 Å². The van der Waals surface area contributed by atoms with E-state index in [1.165, 1.54) is 12.1 Å². The SMILES string of the molecule is CO[C@]1(COc2ccc(F)cc2)CCCN(C(=O)c2ncc(C)cn2)C1. The molecule has 2 heterocycles. The summed E-state index contributed by atoms with van der Waals surface area (Å²) in [5.74, 6) is 0.217. The normalized spacial score (nSPS) is 20.0. The Hall–Kier alpha value is -2.54. The summed E-state index contributed by atoms with van der Waals surface area (Å²) in [5.41, 5.74) is 0.284. The maximum atomic E-state index is 13.0. The molecule has 1 fully saturated rings. The number of hydrogen-bond acceptors (Lipinski definition) is 5. The van der Waals surface area contributed by atoms with E-state index in [1.807, 2.05) is 6.92 Å².